The van der Waals surface area contributed by atoms with E-state index in [0.717, 1.165) is 22.1 Å². The summed E-state index contributed by atoms with van der Waals surface area (Å²) in [6, 6.07) is 26.2. The number of aliphatic hydroxyl groups is 1. The molecule has 1 aliphatic heterocycles. The number of hydrogen-bond acceptors (Lipinski definition) is 5. The van der Waals surface area contributed by atoms with Gasteiger partial charge in [0.25, 0.3) is 0 Å². The number of amides is 2. The molecule has 1 aliphatic rings. The van der Waals surface area contributed by atoms with Gasteiger partial charge in [0.05, 0.1) is 31.7 Å². The van der Waals surface area contributed by atoms with Gasteiger partial charge in [0.1, 0.15) is 10.5 Å². The van der Waals surface area contributed by atoms with Crippen LogP contribution in [0.25, 0.3) is 0 Å². The summed E-state index contributed by atoms with van der Waals surface area (Å²) in [5.41, 5.74) is 2.32. The molecular weight excluding hydrogens is 613 g/mol. The molecule has 0 radical (unpaired) electrons. The smallest absolute Gasteiger partial charge is 0.416 e. The van der Waals surface area contributed by atoms with Gasteiger partial charge in [0.15, 0.2) is 0 Å². The average molecular weight is 649 g/mol. The first-order valence-corrected chi connectivity index (χ1v) is 15.7. The number of methoxy groups -OCH3 is 1. The maximum atomic E-state index is 14.5. The number of aryl methyl sites for hydroxylation is 1. The van der Waals surface area contributed by atoms with Gasteiger partial charge in [-0.1, -0.05) is 72.3 Å². The second-order valence-electron chi connectivity index (χ2n) is 11.3. The minimum Gasteiger partial charge on any atom is -0.497 e. The average Bonchev–Trinajstić information content (AvgIpc) is 3.33. The summed E-state index contributed by atoms with van der Waals surface area (Å²) < 4.78 is 45.9. The lowest BCUT2D eigenvalue weighted by atomic mass is 9.90. The molecule has 1 heterocycles. The van der Waals surface area contributed by atoms with Crippen LogP contribution in [0, 0.1) is 6.92 Å². The van der Waals surface area contributed by atoms with Crippen molar-refractivity contribution in [1.82, 2.24) is 10.2 Å². The van der Waals surface area contributed by atoms with Gasteiger partial charge in [-0.05, 0) is 65.9 Å². The molecule has 0 spiro atoms. The third-order valence-electron chi connectivity index (χ3n) is 8.19. The van der Waals surface area contributed by atoms with Crippen LogP contribution in [0.2, 0.25) is 0 Å². The number of thioether (sulfide) groups is 1. The van der Waals surface area contributed by atoms with Crippen molar-refractivity contribution in [1.29, 1.82) is 0 Å². The zero-order chi connectivity index (χ0) is 32.9. The highest BCUT2D eigenvalue weighted by atomic mass is 32.2. The molecule has 0 aromatic heterocycles. The maximum Gasteiger partial charge on any atom is 0.416 e. The van der Waals surface area contributed by atoms with E-state index in [4.69, 9.17) is 4.74 Å². The van der Waals surface area contributed by atoms with Crippen LogP contribution in [-0.2, 0) is 35.3 Å². The van der Waals surface area contributed by atoms with Gasteiger partial charge in [-0.2, -0.15) is 13.2 Å². The van der Waals surface area contributed by atoms with E-state index in [1.807, 2.05) is 55.5 Å². The second-order valence-corrected chi connectivity index (χ2v) is 12.7. The predicted octanol–water partition coefficient (Wildman–Crippen LogP) is 6.88. The fraction of sp³-hybridized carbons (Fsp3) is 0.278. The van der Waals surface area contributed by atoms with Crippen molar-refractivity contribution in [2.24, 2.45) is 0 Å². The minimum absolute atomic E-state index is 0.0589. The van der Waals surface area contributed by atoms with E-state index < -0.39 is 28.4 Å². The number of hydrogen-bond donors (Lipinski definition) is 2. The van der Waals surface area contributed by atoms with E-state index in [9.17, 15) is 27.9 Å². The molecule has 2 amide bonds. The molecule has 4 aromatic rings. The molecule has 0 aliphatic carbocycles. The first-order chi connectivity index (χ1) is 22.0. The maximum absolute atomic E-state index is 14.5. The van der Waals surface area contributed by atoms with Crippen molar-refractivity contribution < 1.29 is 32.6 Å². The van der Waals surface area contributed by atoms with Crippen LogP contribution in [-0.4, -0.2) is 40.2 Å². The first-order valence-electron chi connectivity index (χ1n) is 14.9. The van der Waals surface area contributed by atoms with Crippen LogP contribution in [0.1, 0.15) is 45.8 Å². The summed E-state index contributed by atoms with van der Waals surface area (Å²) in [6.07, 6.45) is -4.32. The van der Waals surface area contributed by atoms with E-state index in [2.05, 4.69) is 5.32 Å². The lowest BCUT2D eigenvalue weighted by molar-refractivity contribution is -0.139. The first kappa shape index (κ1) is 33.1. The summed E-state index contributed by atoms with van der Waals surface area (Å²) >= 11 is 1.24. The zero-order valence-electron chi connectivity index (χ0n) is 25.5. The number of aliphatic hydroxyl groups excluding tert-OH is 1. The van der Waals surface area contributed by atoms with E-state index in [0.29, 0.717) is 23.3 Å². The Kier molecular flexibility index (Phi) is 10.1. The van der Waals surface area contributed by atoms with Crippen LogP contribution in [0.15, 0.2) is 102 Å². The Balaban J connectivity index is 1.56. The molecule has 0 unspecified atom stereocenters. The topological polar surface area (TPSA) is 78.9 Å². The number of carbonyl (C=O) groups excluding carboxylic acids is 2. The molecule has 2 atom stereocenters. The summed E-state index contributed by atoms with van der Waals surface area (Å²) in [5, 5.41) is 12.7. The Morgan fingerprint density at radius 3 is 2.26 bits per heavy atom. The van der Waals surface area contributed by atoms with Gasteiger partial charge in [0.2, 0.25) is 11.8 Å². The lowest BCUT2D eigenvalue weighted by Gasteiger charge is -2.37. The highest BCUT2D eigenvalue weighted by molar-refractivity contribution is 8.01. The van der Waals surface area contributed by atoms with Crippen LogP contribution in [0.5, 0.6) is 5.75 Å². The van der Waals surface area contributed by atoms with Gasteiger partial charge in [-0.25, -0.2) is 0 Å². The van der Waals surface area contributed by atoms with Gasteiger partial charge < -0.3 is 20.1 Å². The van der Waals surface area contributed by atoms with E-state index in [-0.39, 0.29) is 37.6 Å². The predicted molar refractivity (Wildman–Crippen MR) is 171 cm³/mol. The monoisotopic (exact) mass is 648 g/mol. The van der Waals surface area contributed by atoms with Crippen LogP contribution in [0.4, 0.5) is 13.2 Å². The highest BCUT2D eigenvalue weighted by Gasteiger charge is 2.58. The highest BCUT2D eigenvalue weighted by Crippen LogP contribution is 2.53. The fourth-order valence-electron chi connectivity index (χ4n) is 5.79. The SMILES string of the molecule is COc1ccc(CCNC(=O)[C@@]2(Sc3ccc(C)cc3)CC(=O)N(Cc3ccccc3C(F)(F)F)[C@@H]2c2ccc(CO)cc2)cc1. The number of nitrogens with zero attached hydrogens (tertiary/aromatic N) is 1. The fourth-order valence-corrected chi connectivity index (χ4v) is 7.22. The van der Waals surface area contributed by atoms with Gasteiger partial charge >= 0.3 is 6.18 Å². The van der Waals surface area contributed by atoms with Crippen LogP contribution in [0.3, 0.4) is 0 Å². The number of nitrogens with one attached hydrogen (secondary N) is 1. The Morgan fingerprint density at radius 1 is 0.978 bits per heavy atom. The Hall–Kier alpha value is -4.28. The normalized spacial score (nSPS) is 18.1. The van der Waals surface area contributed by atoms with E-state index >= 15 is 0 Å². The molecule has 4 aromatic carbocycles. The van der Waals surface area contributed by atoms with Gasteiger partial charge in [-0.15, -0.1) is 11.8 Å². The van der Waals surface area contributed by atoms with Gasteiger partial charge in [-0.3, -0.25) is 9.59 Å². The molecule has 6 nitrogen and oxygen atoms in total. The zero-order valence-corrected chi connectivity index (χ0v) is 26.3. The number of halogens is 3. The van der Waals surface area contributed by atoms with Crippen molar-refractivity contribution in [2.75, 3.05) is 13.7 Å². The summed E-state index contributed by atoms with van der Waals surface area (Å²) in [4.78, 5) is 30.6. The van der Waals surface area contributed by atoms with Crippen molar-refractivity contribution in [2.45, 2.75) is 54.8 Å². The number of ether oxygens (including phenoxy) is 1. The summed E-state index contributed by atoms with van der Waals surface area (Å²) in [7, 11) is 1.59. The number of rotatable bonds is 11. The Labute approximate surface area is 270 Å². The molecule has 5 rings (SSSR count). The molecule has 0 saturated carbocycles. The number of likely N-dealkylation sites (tertiary alicyclic amines) is 1. The number of benzene rings is 4. The molecule has 1 saturated heterocycles. The van der Waals surface area contributed by atoms with E-state index in [1.165, 1.54) is 34.9 Å². The molecule has 240 valence electrons. The summed E-state index contributed by atoms with van der Waals surface area (Å²) in [5.74, 6) is -0.103. The number of alkyl halides is 3. The van der Waals surface area contributed by atoms with Crippen molar-refractivity contribution in [3.8, 4) is 5.75 Å². The molecule has 10 heteroatoms. The second kappa shape index (κ2) is 14.0. The van der Waals surface area contributed by atoms with E-state index in [1.54, 1.807) is 31.4 Å². The molecule has 46 heavy (non-hydrogen) atoms. The Bertz CT molecular complexity index is 1660. The third-order valence-corrected chi connectivity index (χ3v) is 9.62. The van der Waals surface area contributed by atoms with Crippen LogP contribution >= 0.6 is 11.8 Å². The minimum atomic E-state index is -4.62. The van der Waals surface area contributed by atoms with Crippen molar-refractivity contribution >= 4 is 23.6 Å². The molecular formula is C36H35F3N2O4S. The third kappa shape index (κ3) is 7.24. The lowest BCUT2D eigenvalue weighted by Crippen LogP contribution is -2.48. The number of carbonyl (C=O) groups is 2. The summed E-state index contributed by atoms with van der Waals surface area (Å²) in [6.45, 7) is 1.68. The van der Waals surface area contributed by atoms with Crippen molar-refractivity contribution in [3.05, 3.63) is 130 Å². The largest absolute Gasteiger partial charge is 0.497 e. The van der Waals surface area contributed by atoms with Gasteiger partial charge in [0, 0.05) is 18.0 Å². The van der Waals surface area contributed by atoms with Crippen molar-refractivity contribution in [3.63, 3.8) is 0 Å². The standard InChI is InChI=1S/C36H35F3N2O4S/c1-24-7-17-30(18-8-24)46-35(34(44)40-20-19-25-11-15-29(45-2)16-12-25)21-32(43)41(33(35)27-13-9-26(23-42)10-14-27)22-28-5-3-4-6-31(28)36(37,38)39/h3-18,33,42H,19-23H2,1-2H3,(H,40,44)/t33-,35-/m1/s1. The molecule has 0 bridgehead atoms. The molecule has 1 fully saturated rings. The Morgan fingerprint density at radius 2 is 1.63 bits per heavy atom. The quantitative estimate of drug-likeness (QED) is 0.186. The molecule has 2 N–H and O–H groups in total. The van der Waals surface area contributed by atoms with Crippen LogP contribution < -0.4 is 10.1 Å².